The number of rotatable bonds is 5. The second-order valence-corrected chi connectivity index (χ2v) is 4.35. The molecule has 2 aromatic rings. The zero-order valence-electron chi connectivity index (χ0n) is 11.8. The van der Waals surface area contributed by atoms with Gasteiger partial charge in [0, 0.05) is 0 Å². The summed E-state index contributed by atoms with van der Waals surface area (Å²) in [6.07, 6.45) is 0. The second kappa shape index (κ2) is 6.39. The molecule has 0 radical (unpaired) electrons. The smallest absolute Gasteiger partial charge is 0.132 e. The van der Waals surface area contributed by atoms with Crippen LogP contribution >= 0.6 is 0 Å². The van der Waals surface area contributed by atoms with Crippen LogP contribution < -0.4 is 14.8 Å². The predicted octanol–water partition coefficient (Wildman–Crippen LogP) is 3.15. The first-order valence-corrected chi connectivity index (χ1v) is 6.35. The van der Waals surface area contributed by atoms with Gasteiger partial charge in [-0.15, -0.1) is 0 Å². The van der Waals surface area contributed by atoms with E-state index in [9.17, 15) is 4.39 Å². The van der Waals surface area contributed by atoms with Crippen molar-refractivity contribution in [1.29, 1.82) is 0 Å². The third-order valence-electron chi connectivity index (χ3n) is 3.24. The highest BCUT2D eigenvalue weighted by atomic mass is 19.1. The van der Waals surface area contributed by atoms with E-state index in [0.29, 0.717) is 11.3 Å². The average molecular weight is 275 g/mol. The third kappa shape index (κ3) is 2.75. The van der Waals surface area contributed by atoms with Gasteiger partial charge >= 0.3 is 0 Å². The minimum atomic E-state index is -0.304. The molecule has 1 N–H and O–H groups in total. The first-order chi connectivity index (χ1) is 9.71. The van der Waals surface area contributed by atoms with Crippen molar-refractivity contribution in [2.24, 2.45) is 0 Å². The Kier molecular flexibility index (Phi) is 4.58. The van der Waals surface area contributed by atoms with E-state index in [1.54, 1.807) is 26.3 Å². The first kappa shape index (κ1) is 14.3. The minimum absolute atomic E-state index is 0.300. The molecule has 0 aliphatic carbocycles. The van der Waals surface area contributed by atoms with Gasteiger partial charge in [-0.05, 0) is 36.9 Å². The molecule has 1 unspecified atom stereocenters. The van der Waals surface area contributed by atoms with Crippen molar-refractivity contribution in [3.8, 4) is 11.5 Å². The van der Waals surface area contributed by atoms with Gasteiger partial charge in [0.2, 0.25) is 0 Å². The summed E-state index contributed by atoms with van der Waals surface area (Å²) >= 11 is 0. The van der Waals surface area contributed by atoms with E-state index in [4.69, 9.17) is 9.47 Å². The fourth-order valence-electron chi connectivity index (χ4n) is 2.27. The lowest BCUT2D eigenvalue weighted by Gasteiger charge is -2.21. The van der Waals surface area contributed by atoms with E-state index in [1.807, 2.05) is 24.3 Å². The van der Waals surface area contributed by atoms with Crippen LogP contribution in [0.4, 0.5) is 4.39 Å². The Hall–Kier alpha value is -2.07. The largest absolute Gasteiger partial charge is 0.497 e. The molecule has 2 aromatic carbocycles. The number of methoxy groups -OCH3 is 2. The van der Waals surface area contributed by atoms with Crippen LogP contribution in [0.25, 0.3) is 0 Å². The summed E-state index contributed by atoms with van der Waals surface area (Å²) in [4.78, 5) is 0. The molecule has 0 amide bonds. The van der Waals surface area contributed by atoms with Crippen molar-refractivity contribution in [3.63, 3.8) is 0 Å². The van der Waals surface area contributed by atoms with E-state index < -0.39 is 0 Å². The maximum Gasteiger partial charge on any atom is 0.132 e. The van der Waals surface area contributed by atoms with E-state index >= 15 is 0 Å². The van der Waals surface area contributed by atoms with Crippen LogP contribution in [0.2, 0.25) is 0 Å². The van der Waals surface area contributed by atoms with Crippen LogP contribution in [0.3, 0.4) is 0 Å². The van der Waals surface area contributed by atoms with Gasteiger partial charge in [-0.1, -0.05) is 18.2 Å². The Morgan fingerprint density at radius 3 is 2.45 bits per heavy atom. The molecule has 1 atom stereocenters. The van der Waals surface area contributed by atoms with E-state index in [1.165, 1.54) is 13.2 Å². The Bertz CT molecular complexity index is 586. The quantitative estimate of drug-likeness (QED) is 0.909. The Morgan fingerprint density at radius 1 is 1.05 bits per heavy atom. The molecule has 0 heterocycles. The van der Waals surface area contributed by atoms with Crippen molar-refractivity contribution in [2.45, 2.75) is 6.04 Å². The van der Waals surface area contributed by atoms with Crippen LogP contribution in [0.1, 0.15) is 17.2 Å². The molecule has 20 heavy (non-hydrogen) atoms. The highest BCUT2D eigenvalue weighted by molar-refractivity contribution is 5.44. The minimum Gasteiger partial charge on any atom is -0.497 e. The topological polar surface area (TPSA) is 30.5 Å². The van der Waals surface area contributed by atoms with Crippen molar-refractivity contribution in [2.75, 3.05) is 21.3 Å². The van der Waals surface area contributed by atoms with Gasteiger partial charge in [0.15, 0.2) is 0 Å². The monoisotopic (exact) mass is 275 g/mol. The summed E-state index contributed by atoms with van der Waals surface area (Å²) in [7, 11) is 4.93. The molecule has 3 nitrogen and oxygen atoms in total. The molecule has 0 aliphatic heterocycles. The van der Waals surface area contributed by atoms with Crippen LogP contribution in [-0.4, -0.2) is 21.3 Å². The Morgan fingerprint density at radius 2 is 1.80 bits per heavy atom. The maximum absolute atomic E-state index is 14.2. The normalized spacial score (nSPS) is 12.0. The molecule has 4 heteroatoms. The van der Waals surface area contributed by atoms with Gasteiger partial charge < -0.3 is 14.8 Å². The van der Waals surface area contributed by atoms with E-state index in [-0.39, 0.29) is 11.9 Å². The summed E-state index contributed by atoms with van der Waals surface area (Å²) in [5, 5.41) is 3.13. The van der Waals surface area contributed by atoms with Gasteiger partial charge in [-0.3, -0.25) is 0 Å². The molecular weight excluding hydrogens is 257 g/mol. The molecule has 2 rings (SSSR count). The third-order valence-corrected chi connectivity index (χ3v) is 3.24. The van der Waals surface area contributed by atoms with Crippen molar-refractivity contribution in [1.82, 2.24) is 5.32 Å². The first-order valence-electron chi connectivity index (χ1n) is 6.35. The SMILES string of the molecule is CNC(c1cccc(OC)c1)c1c(F)cccc1OC. The molecule has 0 aromatic heterocycles. The zero-order valence-corrected chi connectivity index (χ0v) is 11.8. The molecular formula is C16H18FNO2. The summed E-state index contributed by atoms with van der Waals surface area (Å²) < 4.78 is 24.7. The van der Waals surface area contributed by atoms with Gasteiger partial charge in [0.1, 0.15) is 17.3 Å². The van der Waals surface area contributed by atoms with Crippen LogP contribution in [0.5, 0.6) is 11.5 Å². The maximum atomic E-state index is 14.2. The van der Waals surface area contributed by atoms with Crippen molar-refractivity contribution >= 4 is 0 Å². The second-order valence-electron chi connectivity index (χ2n) is 4.35. The van der Waals surface area contributed by atoms with Crippen LogP contribution in [-0.2, 0) is 0 Å². The predicted molar refractivity (Wildman–Crippen MR) is 76.8 cm³/mol. The van der Waals surface area contributed by atoms with Crippen molar-refractivity contribution in [3.05, 3.63) is 59.4 Å². The number of nitrogens with one attached hydrogen (secondary N) is 1. The van der Waals surface area contributed by atoms with Crippen LogP contribution in [0.15, 0.2) is 42.5 Å². The Labute approximate surface area is 118 Å². The molecule has 106 valence electrons. The number of hydrogen-bond donors (Lipinski definition) is 1. The number of halogens is 1. The highest BCUT2D eigenvalue weighted by Crippen LogP contribution is 2.33. The molecule has 0 fully saturated rings. The standard InChI is InChI=1S/C16H18FNO2/c1-18-16(11-6-4-7-12(10-11)19-2)15-13(17)8-5-9-14(15)20-3/h4-10,16,18H,1-3H3. The fourth-order valence-corrected chi connectivity index (χ4v) is 2.27. The number of benzene rings is 2. The van der Waals surface area contributed by atoms with Crippen molar-refractivity contribution < 1.29 is 13.9 Å². The summed E-state index contributed by atoms with van der Waals surface area (Å²) in [5.41, 5.74) is 1.40. The van der Waals surface area contributed by atoms with Gasteiger partial charge in [-0.25, -0.2) is 4.39 Å². The summed E-state index contributed by atoms with van der Waals surface area (Å²) in [5.74, 6) is 0.955. The lowest BCUT2D eigenvalue weighted by atomic mass is 9.97. The van der Waals surface area contributed by atoms with E-state index in [2.05, 4.69) is 5.32 Å². The molecule has 0 saturated heterocycles. The van der Waals surface area contributed by atoms with E-state index in [0.717, 1.165) is 11.3 Å². The number of ether oxygens (including phenoxy) is 2. The van der Waals surface area contributed by atoms with Gasteiger partial charge in [-0.2, -0.15) is 0 Å². The average Bonchev–Trinajstić information content (AvgIpc) is 2.49. The lowest BCUT2D eigenvalue weighted by Crippen LogP contribution is -2.19. The summed E-state index contributed by atoms with van der Waals surface area (Å²) in [6, 6.07) is 12.1. The Balaban J connectivity index is 2.52. The molecule has 0 spiro atoms. The molecule has 0 saturated carbocycles. The van der Waals surface area contributed by atoms with Crippen LogP contribution in [0, 0.1) is 5.82 Å². The number of hydrogen-bond acceptors (Lipinski definition) is 3. The fraction of sp³-hybridized carbons (Fsp3) is 0.250. The van der Waals surface area contributed by atoms with Gasteiger partial charge in [0.05, 0.1) is 25.8 Å². The highest BCUT2D eigenvalue weighted by Gasteiger charge is 2.21. The van der Waals surface area contributed by atoms with Gasteiger partial charge in [0.25, 0.3) is 0 Å². The summed E-state index contributed by atoms with van der Waals surface area (Å²) in [6.45, 7) is 0. The zero-order chi connectivity index (χ0) is 14.5. The molecule has 0 aliphatic rings. The molecule has 0 bridgehead atoms. The lowest BCUT2D eigenvalue weighted by molar-refractivity contribution is 0.397.